The molecular formula is C19H20N4O5. The number of primary amides is 1. The van der Waals surface area contributed by atoms with E-state index >= 15 is 0 Å². The van der Waals surface area contributed by atoms with Gasteiger partial charge < -0.3 is 20.7 Å². The molecule has 9 heteroatoms. The number of anilines is 1. The van der Waals surface area contributed by atoms with Crippen LogP contribution in [0.25, 0.3) is 0 Å². The molecule has 1 fully saturated rings. The second-order valence-electron chi connectivity index (χ2n) is 6.28. The molecule has 2 aromatic carbocycles. The summed E-state index contributed by atoms with van der Waals surface area (Å²) in [6.45, 7) is 2.03. The average molecular weight is 384 g/mol. The van der Waals surface area contributed by atoms with E-state index < -0.39 is 22.8 Å². The summed E-state index contributed by atoms with van der Waals surface area (Å²) >= 11 is 0. The predicted octanol–water partition coefficient (Wildman–Crippen LogP) is 1.39. The van der Waals surface area contributed by atoms with Crippen molar-refractivity contribution in [3.8, 4) is 0 Å². The van der Waals surface area contributed by atoms with E-state index in [4.69, 9.17) is 10.5 Å². The molecule has 1 heterocycles. The van der Waals surface area contributed by atoms with Gasteiger partial charge in [0.1, 0.15) is 11.7 Å². The molecule has 2 amide bonds. The standard InChI is InChI=1S/C19H20N4O5/c20-18(24)17(13-4-2-1-3-5-13)21-19(25)14-6-7-15(16(12-14)23(26)27)22-8-10-28-11-9-22/h1-7,12,17H,8-11H2,(H2,20,24)(H,21,25). The normalized spacial score (nSPS) is 14.9. The molecule has 1 atom stereocenters. The molecule has 28 heavy (non-hydrogen) atoms. The molecule has 0 radical (unpaired) electrons. The number of hydrogen-bond donors (Lipinski definition) is 2. The summed E-state index contributed by atoms with van der Waals surface area (Å²) in [5.74, 6) is -1.34. The zero-order chi connectivity index (χ0) is 20.1. The zero-order valence-corrected chi connectivity index (χ0v) is 15.0. The third-order valence-electron chi connectivity index (χ3n) is 4.48. The summed E-state index contributed by atoms with van der Waals surface area (Å²) in [5.41, 5.74) is 6.27. The number of nitro groups is 1. The lowest BCUT2D eigenvalue weighted by atomic mass is 10.1. The molecule has 1 unspecified atom stereocenters. The maximum atomic E-state index is 12.6. The third-order valence-corrected chi connectivity index (χ3v) is 4.48. The Labute approximate surface area is 161 Å². The first-order valence-corrected chi connectivity index (χ1v) is 8.73. The maximum Gasteiger partial charge on any atom is 0.293 e. The molecule has 1 aliphatic heterocycles. The highest BCUT2D eigenvalue weighted by Gasteiger charge is 2.25. The van der Waals surface area contributed by atoms with Gasteiger partial charge in [-0.15, -0.1) is 0 Å². The van der Waals surface area contributed by atoms with E-state index in [1.807, 2.05) is 4.90 Å². The summed E-state index contributed by atoms with van der Waals surface area (Å²) in [6, 6.07) is 11.8. The van der Waals surface area contributed by atoms with Crippen LogP contribution in [0, 0.1) is 10.1 Å². The minimum atomic E-state index is -1.04. The fraction of sp³-hybridized carbons (Fsp3) is 0.263. The van der Waals surface area contributed by atoms with Gasteiger partial charge >= 0.3 is 0 Å². The van der Waals surface area contributed by atoms with Crippen LogP contribution >= 0.6 is 0 Å². The summed E-state index contributed by atoms with van der Waals surface area (Å²) in [7, 11) is 0. The molecule has 0 spiro atoms. The van der Waals surface area contributed by atoms with Crippen molar-refractivity contribution >= 4 is 23.2 Å². The van der Waals surface area contributed by atoms with E-state index in [1.54, 1.807) is 36.4 Å². The Morgan fingerprint density at radius 2 is 1.82 bits per heavy atom. The molecule has 3 N–H and O–H groups in total. The second-order valence-corrected chi connectivity index (χ2v) is 6.28. The molecule has 1 saturated heterocycles. The first kappa shape index (κ1) is 19.3. The summed E-state index contributed by atoms with van der Waals surface area (Å²) < 4.78 is 5.27. The lowest BCUT2D eigenvalue weighted by Gasteiger charge is -2.28. The van der Waals surface area contributed by atoms with Crippen molar-refractivity contribution in [1.82, 2.24) is 5.32 Å². The minimum Gasteiger partial charge on any atom is -0.378 e. The molecule has 0 aromatic heterocycles. The second kappa shape index (κ2) is 8.49. The predicted molar refractivity (Wildman–Crippen MR) is 102 cm³/mol. The van der Waals surface area contributed by atoms with Gasteiger partial charge in [-0.05, 0) is 17.7 Å². The molecule has 0 saturated carbocycles. The number of carbonyl (C=O) groups is 2. The number of rotatable bonds is 6. The smallest absolute Gasteiger partial charge is 0.293 e. The number of morpholine rings is 1. The largest absolute Gasteiger partial charge is 0.378 e. The van der Waals surface area contributed by atoms with Gasteiger partial charge in [0, 0.05) is 24.7 Å². The van der Waals surface area contributed by atoms with Crippen LogP contribution in [-0.2, 0) is 9.53 Å². The molecule has 3 rings (SSSR count). The van der Waals surface area contributed by atoms with Crippen LogP contribution in [0.4, 0.5) is 11.4 Å². The number of benzene rings is 2. The molecule has 0 bridgehead atoms. The number of nitrogens with one attached hydrogen (secondary N) is 1. The Morgan fingerprint density at radius 3 is 2.43 bits per heavy atom. The fourth-order valence-electron chi connectivity index (χ4n) is 3.06. The zero-order valence-electron chi connectivity index (χ0n) is 15.0. The Morgan fingerprint density at radius 1 is 1.14 bits per heavy atom. The van der Waals surface area contributed by atoms with Crippen LogP contribution in [0.1, 0.15) is 22.0 Å². The van der Waals surface area contributed by atoms with Gasteiger partial charge in [0.15, 0.2) is 0 Å². The van der Waals surface area contributed by atoms with Crippen molar-refractivity contribution in [3.63, 3.8) is 0 Å². The van der Waals surface area contributed by atoms with Crippen molar-refractivity contribution < 1.29 is 19.2 Å². The highest BCUT2D eigenvalue weighted by atomic mass is 16.6. The first-order chi connectivity index (χ1) is 13.5. The summed E-state index contributed by atoms with van der Waals surface area (Å²) in [5, 5.41) is 14.1. The van der Waals surface area contributed by atoms with Crippen LogP contribution in [0.2, 0.25) is 0 Å². The van der Waals surface area contributed by atoms with Crippen molar-refractivity contribution in [2.45, 2.75) is 6.04 Å². The fourth-order valence-corrected chi connectivity index (χ4v) is 3.06. The molecular weight excluding hydrogens is 364 g/mol. The van der Waals surface area contributed by atoms with Crippen molar-refractivity contribution in [3.05, 3.63) is 69.8 Å². The van der Waals surface area contributed by atoms with E-state index in [0.29, 0.717) is 37.6 Å². The van der Waals surface area contributed by atoms with Crippen molar-refractivity contribution in [2.75, 3.05) is 31.2 Å². The Hall–Kier alpha value is -3.46. The summed E-state index contributed by atoms with van der Waals surface area (Å²) in [4.78, 5) is 37.3. The van der Waals surface area contributed by atoms with Gasteiger partial charge in [0.2, 0.25) is 5.91 Å². The maximum absolute atomic E-state index is 12.6. The van der Waals surface area contributed by atoms with Gasteiger partial charge in [0.05, 0.1) is 18.1 Å². The molecule has 2 aromatic rings. The van der Waals surface area contributed by atoms with E-state index in [0.717, 1.165) is 0 Å². The minimum absolute atomic E-state index is 0.0749. The van der Waals surface area contributed by atoms with Gasteiger partial charge in [0.25, 0.3) is 11.6 Å². The third kappa shape index (κ3) is 4.26. The van der Waals surface area contributed by atoms with Crippen LogP contribution in [0.3, 0.4) is 0 Å². The van der Waals surface area contributed by atoms with Crippen LogP contribution in [-0.4, -0.2) is 43.0 Å². The summed E-state index contributed by atoms with van der Waals surface area (Å²) in [6.07, 6.45) is 0. The van der Waals surface area contributed by atoms with E-state index in [-0.39, 0.29) is 11.3 Å². The Kier molecular flexibility index (Phi) is 5.85. The highest BCUT2D eigenvalue weighted by molar-refractivity contribution is 5.98. The van der Waals surface area contributed by atoms with E-state index in [2.05, 4.69) is 5.32 Å². The number of carbonyl (C=O) groups excluding carboxylic acids is 2. The SMILES string of the molecule is NC(=O)C(NC(=O)c1ccc(N2CCOCC2)c([N+](=O)[O-])c1)c1ccccc1. The lowest BCUT2D eigenvalue weighted by Crippen LogP contribution is -2.38. The van der Waals surface area contributed by atoms with Gasteiger partial charge in [-0.25, -0.2) is 0 Å². The molecule has 1 aliphatic rings. The highest BCUT2D eigenvalue weighted by Crippen LogP contribution is 2.30. The Balaban J connectivity index is 1.86. The van der Waals surface area contributed by atoms with E-state index in [1.165, 1.54) is 12.1 Å². The molecule has 146 valence electrons. The number of nitrogens with two attached hydrogens (primary N) is 1. The van der Waals surface area contributed by atoms with Crippen LogP contribution in [0.5, 0.6) is 0 Å². The average Bonchev–Trinajstić information content (AvgIpc) is 2.72. The lowest BCUT2D eigenvalue weighted by molar-refractivity contribution is -0.384. The van der Waals surface area contributed by atoms with Crippen LogP contribution < -0.4 is 16.0 Å². The van der Waals surface area contributed by atoms with Gasteiger partial charge in [-0.1, -0.05) is 30.3 Å². The van der Waals surface area contributed by atoms with Gasteiger partial charge in [-0.3, -0.25) is 19.7 Å². The quantitative estimate of drug-likeness (QED) is 0.572. The number of nitrogens with zero attached hydrogens (tertiary/aromatic N) is 2. The van der Waals surface area contributed by atoms with Crippen molar-refractivity contribution in [2.24, 2.45) is 5.73 Å². The molecule has 0 aliphatic carbocycles. The van der Waals surface area contributed by atoms with Crippen LogP contribution in [0.15, 0.2) is 48.5 Å². The van der Waals surface area contributed by atoms with Gasteiger partial charge in [-0.2, -0.15) is 0 Å². The number of amides is 2. The monoisotopic (exact) mass is 384 g/mol. The van der Waals surface area contributed by atoms with Crippen molar-refractivity contribution in [1.29, 1.82) is 0 Å². The number of nitro benzene ring substituents is 1. The van der Waals surface area contributed by atoms with E-state index in [9.17, 15) is 19.7 Å². The Bertz CT molecular complexity index is 881. The topological polar surface area (TPSA) is 128 Å². The number of hydrogen-bond acceptors (Lipinski definition) is 6. The molecule has 9 nitrogen and oxygen atoms in total. The first-order valence-electron chi connectivity index (χ1n) is 8.73. The number of ether oxygens (including phenoxy) is 1.